The summed E-state index contributed by atoms with van der Waals surface area (Å²) >= 11 is 0. The number of likely N-dealkylation sites (N-methyl/N-ethyl adjacent to an activating group) is 1. The molecule has 0 radical (unpaired) electrons. The van der Waals surface area contributed by atoms with E-state index in [1.165, 1.54) is 11.0 Å². The van der Waals surface area contributed by atoms with Crippen LogP contribution in [-0.2, 0) is 11.2 Å². The van der Waals surface area contributed by atoms with Gasteiger partial charge in [0.05, 0.1) is 6.61 Å². The van der Waals surface area contributed by atoms with Crippen LogP contribution in [-0.4, -0.2) is 36.6 Å². The van der Waals surface area contributed by atoms with Gasteiger partial charge in [0, 0.05) is 19.7 Å². The molecule has 0 saturated heterocycles. The summed E-state index contributed by atoms with van der Waals surface area (Å²) in [6.07, 6.45) is 3.60. The second-order valence-electron chi connectivity index (χ2n) is 4.82. The van der Waals surface area contributed by atoms with E-state index in [9.17, 15) is 9.90 Å². The monoisotopic (exact) mass is 300 g/mol. The van der Waals surface area contributed by atoms with Crippen molar-refractivity contribution in [3.63, 3.8) is 0 Å². The van der Waals surface area contributed by atoms with Crippen LogP contribution in [0.3, 0.4) is 0 Å². The van der Waals surface area contributed by atoms with Crippen LogP contribution in [0.2, 0.25) is 0 Å². The lowest BCUT2D eigenvalue weighted by atomic mass is 10.0. The van der Waals surface area contributed by atoms with Crippen LogP contribution in [0.4, 0.5) is 0 Å². The highest BCUT2D eigenvalue weighted by Gasteiger charge is 2.14. The molecule has 1 rings (SSSR count). The van der Waals surface area contributed by atoms with E-state index in [0.29, 0.717) is 29.9 Å². The summed E-state index contributed by atoms with van der Waals surface area (Å²) in [4.78, 5) is 13.2. The minimum atomic E-state index is -0.376. The number of rotatable bonds is 6. The molecule has 22 heavy (non-hydrogen) atoms. The van der Waals surface area contributed by atoms with Gasteiger partial charge in [-0.05, 0) is 37.1 Å². The number of aromatic hydroxyl groups is 1. The second-order valence-corrected chi connectivity index (χ2v) is 4.82. The molecule has 0 aliphatic rings. The van der Waals surface area contributed by atoms with E-state index >= 15 is 0 Å². The third kappa shape index (κ3) is 4.13. The molecule has 1 aromatic rings. The lowest BCUT2D eigenvalue weighted by Gasteiger charge is -2.12. The normalized spacial score (nSPS) is 10.7. The molecule has 5 nitrogen and oxygen atoms in total. The molecule has 0 fully saturated rings. The quantitative estimate of drug-likeness (QED) is 0.498. The molecular formula is C17H20N2O3. The van der Waals surface area contributed by atoms with Gasteiger partial charge >= 0.3 is 0 Å². The van der Waals surface area contributed by atoms with E-state index < -0.39 is 0 Å². The predicted molar refractivity (Wildman–Crippen MR) is 85.5 cm³/mol. The summed E-state index contributed by atoms with van der Waals surface area (Å²) < 4.78 is 5.40. The third-order valence-corrected chi connectivity index (χ3v) is 2.91. The minimum Gasteiger partial charge on any atom is -0.504 e. The molecule has 1 aromatic carbocycles. The van der Waals surface area contributed by atoms with Gasteiger partial charge in [-0.15, -0.1) is 6.58 Å². The molecule has 0 unspecified atom stereocenters. The van der Waals surface area contributed by atoms with Crippen molar-refractivity contribution in [1.29, 1.82) is 5.26 Å². The summed E-state index contributed by atoms with van der Waals surface area (Å²) in [5.74, 6) is -0.00200. The summed E-state index contributed by atoms with van der Waals surface area (Å²) in [6.45, 7) is 5.86. The first-order valence-electron chi connectivity index (χ1n) is 6.87. The van der Waals surface area contributed by atoms with E-state index in [1.54, 1.807) is 32.3 Å². The lowest BCUT2D eigenvalue weighted by Crippen LogP contribution is -2.22. The minimum absolute atomic E-state index is 0.0164. The van der Waals surface area contributed by atoms with Crippen molar-refractivity contribution in [3.05, 3.63) is 41.5 Å². The Hall–Kier alpha value is -2.74. The highest BCUT2D eigenvalue weighted by atomic mass is 16.5. The second kappa shape index (κ2) is 7.89. The molecule has 0 atom stereocenters. The maximum atomic E-state index is 11.9. The number of phenolic OH excluding ortho intramolecular Hbond substituents is 1. The van der Waals surface area contributed by atoms with Crippen molar-refractivity contribution in [2.75, 3.05) is 20.7 Å². The van der Waals surface area contributed by atoms with Crippen molar-refractivity contribution in [2.45, 2.75) is 13.3 Å². The number of benzene rings is 1. The first-order chi connectivity index (χ1) is 10.4. The van der Waals surface area contributed by atoms with Gasteiger partial charge < -0.3 is 14.7 Å². The van der Waals surface area contributed by atoms with Crippen LogP contribution in [0.5, 0.6) is 11.5 Å². The van der Waals surface area contributed by atoms with Crippen molar-refractivity contribution < 1.29 is 14.6 Å². The summed E-state index contributed by atoms with van der Waals surface area (Å²) in [6, 6.07) is 5.21. The molecule has 0 saturated carbocycles. The third-order valence-electron chi connectivity index (χ3n) is 2.91. The molecule has 0 aliphatic carbocycles. The van der Waals surface area contributed by atoms with E-state index in [1.807, 2.05) is 13.0 Å². The molecule has 0 heterocycles. The lowest BCUT2D eigenvalue weighted by molar-refractivity contribution is -0.124. The van der Waals surface area contributed by atoms with Gasteiger partial charge in [0.1, 0.15) is 11.6 Å². The SMILES string of the molecule is C=CCc1cc(/C=C(/C#N)C(=O)N(C)C)cc(OCC)c1O. The molecule has 0 aromatic heterocycles. The van der Waals surface area contributed by atoms with Crippen molar-refractivity contribution in [3.8, 4) is 17.6 Å². The Morgan fingerprint density at radius 1 is 1.50 bits per heavy atom. The molecule has 1 N–H and O–H groups in total. The molecule has 1 amide bonds. The number of nitriles is 1. The zero-order valence-electron chi connectivity index (χ0n) is 13.1. The largest absolute Gasteiger partial charge is 0.504 e. The number of carbonyl (C=O) groups excluding carboxylic acids is 1. The molecule has 5 heteroatoms. The topological polar surface area (TPSA) is 73.6 Å². The van der Waals surface area contributed by atoms with Gasteiger partial charge in [-0.3, -0.25) is 4.79 Å². The van der Waals surface area contributed by atoms with Crippen LogP contribution in [0, 0.1) is 11.3 Å². The first-order valence-corrected chi connectivity index (χ1v) is 6.87. The predicted octanol–water partition coefficient (Wildman–Crippen LogP) is 2.51. The number of phenols is 1. The van der Waals surface area contributed by atoms with Gasteiger partial charge in [-0.25, -0.2) is 0 Å². The Morgan fingerprint density at radius 3 is 2.68 bits per heavy atom. The van der Waals surface area contributed by atoms with Gasteiger partial charge in [-0.1, -0.05) is 6.08 Å². The highest BCUT2D eigenvalue weighted by molar-refractivity contribution is 6.01. The molecule has 0 aliphatic heterocycles. The van der Waals surface area contributed by atoms with E-state index in [-0.39, 0.29) is 17.2 Å². The smallest absolute Gasteiger partial charge is 0.264 e. The Kier molecular flexibility index (Phi) is 6.21. The number of amides is 1. The summed E-state index contributed by atoms with van der Waals surface area (Å²) in [7, 11) is 3.16. The fourth-order valence-corrected chi connectivity index (χ4v) is 1.90. The average Bonchev–Trinajstić information content (AvgIpc) is 2.48. The van der Waals surface area contributed by atoms with E-state index in [4.69, 9.17) is 10.00 Å². The van der Waals surface area contributed by atoms with Crippen LogP contribution < -0.4 is 4.74 Å². The van der Waals surface area contributed by atoms with Gasteiger partial charge in [0.15, 0.2) is 11.5 Å². The van der Waals surface area contributed by atoms with Gasteiger partial charge in [0.2, 0.25) is 0 Å². The number of allylic oxidation sites excluding steroid dienone is 1. The zero-order chi connectivity index (χ0) is 16.7. The number of ether oxygens (including phenoxy) is 1. The van der Waals surface area contributed by atoms with Crippen molar-refractivity contribution in [2.24, 2.45) is 0 Å². The first kappa shape index (κ1) is 17.3. The Labute approximate surface area is 130 Å². The van der Waals surface area contributed by atoms with Crippen LogP contribution in [0.1, 0.15) is 18.1 Å². The van der Waals surface area contributed by atoms with Gasteiger partial charge in [0.25, 0.3) is 5.91 Å². The Bertz CT molecular complexity index is 640. The molecule has 0 bridgehead atoms. The number of hydrogen-bond donors (Lipinski definition) is 1. The molecule has 0 spiro atoms. The number of nitrogens with zero attached hydrogens (tertiary/aromatic N) is 2. The van der Waals surface area contributed by atoms with Crippen LogP contribution >= 0.6 is 0 Å². The van der Waals surface area contributed by atoms with Crippen molar-refractivity contribution in [1.82, 2.24) is 4.90 Å². The van der Waals surface area contributed by atoms with E-state index in [2.05, 4.69) is 6.58 Å². The fourth-order valence-electron chi connectivity index (χ4n) is 1.90. The maximum absolute atomic E-state index is 11.9. The number of hydrogen-bond acceptors (Lipinski definition) is 4. The number of carbonyl (C=O) groups is 1. The molecular weight excluding hydrogens is 280 g/mol. The summed E-state index contributed by atoms with van der Waals surface area (Å²) in [5.41, 5.74) is 1.26. The van der Waals surface area contributed by atoms with E-state index in [0.717, 1.165) is 0 Å². The van der Waals surface area contributed by atoms with Gasteiger partial charge in [-0.2, -0.15) is 5.26 Å². The standard InChI is InChI=1S/C17H20N2O3/c1-5-7-13-8-12(10-15(16(13)20)22-6-2)9-14(11-18)17(21)19(3)4/h5,8-10,20H,1,6-7H2,2-4H3/b14-9-. The average molecular weight is 300 g/mol. The maximum Gasteiger partial charge on any atom is 0.264 e. The van der Waals surface area contributed by atoms with Crippen molar-refractivity contribution >= 4 is 12.0 Å². The summed E-state index contributed by atoms with van der Waals surface area (Å²) in [5, 5.41) is 19.3. The highest BCUT2D eigenvalue weighted by Crippen LogP contribution is 2.33. The van der Waals surface area contributed by atoms with Crippen LogP contribution in [0.25, 0.3) is 6.08 Å². The molecule has 116 valence electrons. The Balaban J connectivity index is 3.37. The fraction of sp³-hybridized carbons (Fsp3) is 0.294. The van der Waals surface area contributed by atoms with Crippen LogP contribution in [0.15, 0.2) is 30.4 Å². The zero-order valence-corrected chi connectivity index (χ0v) is 13.1. The Morgan fingerprint density at radius 2 is 2.18 bits per heavy atom.